The van der Waals surface area contributed by atoms with Crippen LogP contribution in [0.15, 0.2) is 12.4 Å². The number of hydrogen-bond acceptors (Lipinski definition) is 6. The fourth-order valence-corrected chi connectivity index (χ4v) is 4.13. The SMILES string of the molecule is CCCNC(=O)c1nnc2n1CC1(CCN(Cc3cnn(C)c3)CC1)COC2. The van der Waals surface area contributed by atoms with Crippen molar-refractivity contribution >= 4 is 5.91 Å². The number of nitrogens with zero attached hydrogens (tertiary/aromatic N) is 6. The Morgan fingerprint density at radius 3 is 2.86 bits per heavy atom. The number of carbonyl (C=O) groups is 1. The molecule has 0 aliphatic carbocycles. The highest BCUT2D eigenvalue weighted by atomic mass is 16.5. The summed E-state index contributed by atoms with van der Waals surface area (Å²) in [5, 5.41) is 15.5. The van der Waals surface area contributed by atoms with Crippen molar-refractivity contribution in [2.24, 2.45) is 12.5 Å². The number of piperidine rings is 1. The van der Waals surface area contributed by atoms with Gasteiger partial charge in [0.05, 0.1) is 12.8 Å². The fourth-order valence-electron chi connectivity index (χ4n) is 4.13. The van der Waals surface area contributed by atoms with Crippen molar-refractivity contribution in [2.75, 3.05) is 26.2 Å². The predicted molar refractivity (Wildman–Crippen MR) is 102 cm³/mol. The first-order valence-electron chi connectivity index (χ1n) is 10.1. The van der Waals surface area contributed by atoms with Gasteiger partial charge in [0.2, 0.25) is 5.82 Å². The highest BCUT2D eigenvalue weighted by Gasteiger charge is 2.39. The molecule has 0 bridgehead atoms. The quantitative estimate of drug-likeness (QED) is 0.822. The minimum Gasteiger partial charge on any atom is -0.373 e. The summed E-state index contributed by atoms with van der Waals surface area (Å²) in [7, 11) is 1.95. The third-order valence-corrected chi connectivity index (χ3v) is 5.78. The average Bonchev–Trinajstić information content (AvgIpc) is 3.23. The van der Waals surface area contributed by atoms with E-state index in [9.17, 15) is 4.79 Å². The number of likely N-dealkylation sites (tertiary alicyclic amines) is 1. The molecule has 1 fully saturated rings. The predicted octanol–water partition coefficient (Wildman–Crippen LogP) is 0.964. The van der Waals surface area contributed by atoms with E-state index in [4.69, 9.17) is 4.74 Å². The highest BCUT2D eigenvalue weighted by Crippen LogP contribution is 2.36. The molecule has 1 amide bonds. The first kappa shape index (κ1) is 19.1. The Balaban J connectivity index is 1.44. The zero-order valence-electron chi connectivity index (χ0n) is 16.7. The molecule has 0 radical (unpaired) electrons. The van der Waals surface area contributed by atoms with Gasteiger partial charge in [0.15, 0.2) is 5.82 Å². The Morgan fingerprint density at radius 1 is 1.32 bits per heavy atom. The maximum absolute atomic E-state index is 12.5. The number of nitrogens with one attached hydrogen (secondary N) is 1. The van der Waals surface area contributed by atoms with Gasteiger partial charge < -0.3 is 14.6 Å². The van der Waals surface area contributed by atoms with E-state index in [0.717, 1.165) is 51.3 Å². The van der Waals surface area contributed by atoms with Gasteiger partial charge in [-0.2, -0.15) is 5.10 Å². The van der Waals surface area contributed by atoms with Crippen LogP contribution in [-0.4, -0.2) is 61.6 Å². The van der Waals surface area contributed by atoms with E-state index in [1.165, 1.54) is 5.56 Å². The molecule has 28 heavy (non-hydrogen) atoms. The minimum atomic E-state index is -0.147. The van der Waals surface area contributed by atoms with Gasteiger partial charge in [0, 0.05) is 43.9 Å². The maximum atomic E-state index is 12.5. The summed E-state index contributed by atoms with van der Waals surface area (Å²) in [5.41, 5.74) is 1.27. The summed E-state index contributed by atoms with van der Waals surface area (Å²) in [4.78, 5) is 15.0. The lowest BCUT2D eigenvalue weighted by Gasteiger charge is -2.41. The molecule has 2 aliphatic rings. The van der Waals surface area contributed by atoms with E-state index in [1.54, 1.807) is 0 Å². The Hall–Kier alpha value is -2.26. The second kappa shape index (κ2) is 8.00. The number of rotatable bonds is 5. The fraction of sp³-hybridized carbons (Fsp3) is 0.684. The largest absolute Gasteiger partial charge is 0.373 e. The molecule has 2 aliphatic heterocycles. The summed E-state index contributed by atoms with van der Waals surface area (Å²) >= 11 is 0. The third-order valence-electron chi connectivity index (χ3n) is 5.78. The van der Waals surface area contributed by atoms with Crippen molar-refractivity contribution in [1.82, 2.24) is 34.8 Å². The van der Waals surface area contributed by atoms with Crippen LogP contribution in [0.2, 0.25) is 0 Å². The van der Waals surface area contributed by atoms with Crippen molar-refractivity contribution in [3.63, 3.8) is 0 Å². The number of carbonyl (C=O) groups excluding carboxylic acids is 1. The molecule has 0 atom stereocenters. The molecular formula is C19H29N7O2. The Bertz CT molecular complexity index is 820. The van der Waals surface area contributed by atoms with Crippen LogP contribution in [-0.2, 0) is 31.5 Å². The molecule has 2 aromatic heterocycles. The summed E-state index contributed by atoms with van der Waals surface area (Å²) < 4.78 is 9.79. The molecular weight excluding hydrogens is 358 g/mol. The Labute approximate surface area is 165 Å². The Kier molecular flexibility index (Phi) is 5.45. The monoisotopic (exact) mass is 387 g/mol. The van der Waals surface area contributed by atoms with Crippen molar-refractivity contribution in [3.05, 3.63) is 29.6 Å². The number of hydrogen-bond donors (Lipinski definition) is 1. The lowest BCUT2D eigenvalue weighted by Crippen LogP contribution is -2.44. The van der Waals surface area contributed by atoms with E-state index in [2.05, 4.69) is 31.7 Å². The third kappa shape index (κ3) is 3.95. The van der Waals surface area contributed by atoms with E-state index in [0.29, 0.717) is 25.6 Å². The molecule has 2 aromatic rings. The van der Waals surface area contributed by atoms with Crippen LogP contribution in [0.25, 0.3) is 0 Å². The van der Waals surface area contributed by atoms with Crippen molar-refractivity contribution in [2.45, 2.75) is 45.9 Å². The Morgan fingerprint density at radius 2 is 2.14 bits per heavy atom. The zero-order chi connectivity index (χ0) is 19.6. The number of ether oxygens (including phenoxy) is 1. The highest BCUT2D eigenvalue weighted by molar-refractivity contribution is 5.90. The lowest BCUT2D eigenvalue weighted by molar-refractivity contribution is -0.00570. The number of amides is 1. The maximum Gasteiger partial charge on any atom is 0.289 e. The molecule has 4 heterocycles. The summed E-state index contributed by atoms with van der Waals surface area (Å²) in [5.74, 6) is 1.01. The van der Waals surface area contributed by atoms with Gasteiger partial charge in [0.1, 0.15) is 6.61 Å². The first-order valence-corrected chi connectivity index (χ1v) is 10.1. The smallest absolute Gasteiger partial charge is 0.289 e. The summed E-state index contributed by atoms with van der Waals surface area (Å²) in [6.07, 6.45) is 6.96. The number of aromatic nitrogens is 5. The van der Waals surface area contributed by atoms with Crippen LogP contribution in [0.4, 0.5) is 0 Å². The zero-order valence-corrected chi connectivity index (χ0v) is 16.7. The molecule has 4 rings (SSSR count). The molecule has 0 saturated carbocycles. The molecule has 9 heteroatoms. The summed E-state index contributed by atoms with van der Waals surface area (Å²) in [6, 6.07) is 0. The van der Waals surface area contributed by atoms with Gasteiger partial charge in [-0.25, -0.2) is 0 Å². The van der Waals surface area contributed by atoms with Crippen LogP contribution in [0, 0.1) is 5.41 Å². The molecule has 1 saturated heterocycles. The van der Waals surface area contributed by atoms with Gasteiger partial charge in [-0.1, -0.05) is 6.92 Å². The van der Waals surface area contributed by atoms with E-state index in [1.807, 2.05) is 29.4 Å². The van der Waals surface area contributed by atoms with E-state index in [-0.39, 0.29) is 11.3 Å². The molecule has 1 N–H and O–H groups in total. The van der Waals surface area contributed by atoms with Crippen LogP contribution in [0.1, 0.15) is 48.2 Å². The molecule has 1 spiro atoms. The van der Waals surface area contributed by atoms with Gasteiger partial charge >= 0.3 is 0 Å². The average molecular weight is 387 g/mol. The first-order chi connectivity index (χ1) is 13.6. The molecule has 9 nitrogen and oxygen atoms in total. The topological polar surface area (TPSA) is 90.1 Å². The normalized spacial score (nSPS) is 19.4. The van der Waals surface area contributed by atoms with Gasteiger partial charge in [-0.3, -0.25) is 14.4 Å². The van der Waals surface area contributed by atoms with Gasteiger partial charge in [-0.15, -0.1) is 10.2 Å². The second-order valence-electron chi connectivity index (χ2n) is 8.07. The van der Waals surface area contributed by atoms with Crippen LogP contribution >= 0.6 is 0 Å². The number of aryl methyl sites for hydroxylation is 1. The van der Waals surface area contributed by atoms with Crippen LogP contribution in [0.5, 0.6) is 0 Å². The summed E-state index contributed by atoms with van der Waals surface area (Å²) in [6.45, 7) is 7.47. The lowest BCUT2D eigenvalue weighted by atomic mass is 9.78. The standard InChI is InChI=1S/C19H29N7O2/c1-3-6-20-18(27)17-23-22-16-12-28-14-19(13-26(16)17)4-7-25(8-5-19)11-15-9-21-24(2)10-15/h9-10H,3-8,11-14H2,1-2H3,(H,20,27). The molecule has 0 aromatic carbocycles. The minimum absolute atomic E-state index is 0.0266. The van der Waals surface area contributed by atoms with E-state index < -0.39 is 0 Å². The van der Waals surface area contributed by atoms with Crippen LogP contribution in [0.3, 0.4) is 0 Å². The second-order valence-corrected chi connectivity index (χ2v) is 8.07. The van der Waals surface area contributed by atoms with E-state index >= 15 is 0 Å². The molecule has 0 unspecified atom stereocenters. The van der Waals surface area contributed by atoms with Gasteiger partial charge in [0.25, 0.3) is 5.91 Å². The van der Waals surface area contributed by atoms with Gasteiger partial charge in [-0.05, 0) is 32.4 Å². The van der Waals surface area contributed by atoms with Crippen molar-refractivity contribution < 1.29 is 9.53 Å². The van der Waals surface area contributed by atoms with Crippen molar-refractivity contribution in [1.29, 1.82) is 0 Å². The van der Waals surface area contributed by atoms with Crippen LogP contribution < -0.4 is 5.32 Å². The number of fused-ring (bicyclic) bond motifs is 1. The molecule has 152 valence electrons. The van der Waals surface area contributed by atoms with Crippen molar-refractivity contribution in [3.8, 4) is 0 Å².